The quantitative estimate of drug-likeness (QED) is 0.781. The summed E-state index contributed by atoms with van der Waals surface area (Å²) in [6.45, 7) is 1.92. The first-order valence-corrected chi connectivity index (χ1v) is 6.38. The Hall–Kier alpha value is -2.30. The Kier molecular flexibility index (Phi) is 2.95. The lowest BCUT2D eigenvalue weighted by Crippen LogP contribution is -2.39. The molecule has 5 nitrogen and oxygen atoms in total. The van der Waals surface area contributed by atoms with Crippen LogP contribution in [0.4, 0.5) is 5.69 Å². The van der Waals surface area contributed by atoms with Crippen molar-refractivity contribution in [3.05, 3.63) is 48.0 Å². The number of nitrogens with one attached hydrogen (secondary N) is 3. The van der Waals surface area contributed by atoms with Gasteiger partial charge in [0.2, 0.25) is 5.91 Å². The van der Waals surface area contributed by atoms with Gasteiger partial charge in [-0.05, 0) is 18.6 Å². The fraction of sp³-hybridized carbons (Fsp3) is 0.286. The molecule has 1 aromatic heterocycles. The molecule has 0 saturated heterocycles. The lowest BCUT2D eigenvalue weighted by atomic mass is 10.1. The highest BCUT2D eigenvalue weighted by molar-refractivity contribution is 5.87. The molecular weight excluding hydrogens is 240 g/mol. The third-order valence-electron chi connectivity index (χ3n) is 3.38. The van der Waals surface area contributed by atoms with Gasteiger partial charge < -0.3 is 15.6 Å². The number of fused-ring (bicyclic) bond motifs is 1. The highest BCUT2D eigenvalue weighted by atomic mass is 16.2. The molecule has 98 valence electrons. The van der Waals surface area contributed by atoms with E-state index in [9.17, 15) is 4.79 Å². The maximum atomic E-state index is 12.2. The van der Waals surface area contributed by atoms with Crippen molar-refractivity contribution in [2.75, 3.05) is 5.32 Å². The van der Waals surface area contributed by atoms with Gasteiger partial charge >= 0.3 is 0 Å². The molecule has 2 aromatic rings. The zero-order valence-corrected chi connectivity index (χ0v) is 10.7. The highest BCUT2D eigenvalue weighted by Crippen LogP contribution is 2.25. The predicted octanol–water partition coefficient (Wildman–Crippen LogP) is 1.62. The van der Waals surface area contributed by atoms with E-state index in [1.807, 2.05) is 31.2 Å². The number of amides is 1. The lowest BCUT2D eigenvalue weighted by molar-refractivity contribution is -0.122. The lowest BCUT2D eigenvalue weighted by Gasteiger charge is -2.16. The number of aromatic amines is 1. The van der Waals surface area contributed by atoms with E-state index < -0.39 is 0 Å². The molecule has 2 atom stereocenters. The van der Waals surface area contributed by atoms with Crippen molar-refractivity contribution in [3.8, 4) is 0 Å². The first-order chi connectivity index (χ1) is 9.24. The summed E-state index contributed by atoms with van der Waals surface area (Å²) in [5, 5.41) is 6.21. The Labute approximate surface area is 111 Å². The van der Waals surface area contributed by atoms with Gasteiger partial charge in [-0.2, -0.15) is 0 Å². The minimum atomic E-state index is -0.199. The molecule has 1 aromatic carbocycles. The summed E-state index contributed by atoms with van der Waals surface area (Å²) < 4.78 is 0. The number of hydrogen-bond acceptors (Lipinski definition) is 3. The standard InChI is InChI=1S/C14H16N4O/c1-9(13-15-6-7-16-13)17-14(19)12-8-10-4-2-3-5-11(10)18-12/h2-7,9,12,18H,8H2,1H3,(H,15,16)(H,17,19). The van der Waals surface area contributed by atoms with Gasteiger partial charge in [0.25, 0.3) is 0 Å². The highest BCUT2D eigenvalue weighted by Gasteiger charge is 2.27. The summed E-state index contributed by atoms with van der Waals surface area (Å²) in [5.41, 5.74) is 2.24. The van der Waals surface area contributed by atoms with E-state index in [0.717, 1.165) is 17.9 Å². The summed E-state index contributed by atoms with van der Waals surface area (Å²) in [5.74, 6) is 0.768. The van der Waals surface area contributed by atoms with Gasteiger partial charge in [-0.1, -0.05) is 18.2 Å². The van der Waals surface area contributed by atoms with Crippen LogP contribution in [0.25, 0.3) is 0 Å². The molecular formula is C14H16N4O. The Morgan fingerprint density at radius 1 is 1.47 bits per heavy atom. The van der Waals surface area contributed by atoms with Crippen LogP contribution in [-0.4, -0.2) is 21.9 Å². The third kappa shape index (κ3) is 2.31. The van der Waals surface area contributed by atoms with E-state index in [1.54, 1.807) is 12.4 Å². The Balaban J connectivity index is 1.64. The zero-order chi connectivity index (χ0) is 13.2. The number of H-pyrrole nitrogens is 1. The van der Waals surface area contributed by atoms with Crippen molar-refractivity contribution in [3.63, 3.8) is 0 Å². The number of nitrogens with zero attached hydrogens (tertiary/aromatic N) is 1. The molecule has 3 N–H and O–H groups in total. The van der Waals surface area contributed by atoms with Crippen molar-refractivity contribution < 1.29 is 4.79 Å². The number of para-hydroxylation sites is 1. The van der Waals surface area contributed by atoms with Crippen LogP contribution in [0.2, 0.25) is 0 Å². The first-order valence-electron chi connectivity index (χ1n) is 6.38. The van der Waals surface area contributed by atoms with Crippen molar-refractivity contribution in [2.24, 2.45) is 0 Å². The minimum Gasteiger partial charge on any atom is -0.373 e. The fourth-order valence-electron chi connectivity index (χ4n) is 2.35. The molecule has 3 rings (SSSR count). The van der Waals surface area contributed by atoms with Crippen molar-refractivity contribution in [1.82, 2.24) is 15.3 Å². The molecule has 1 amide bonds. The molecule has 2 heterocycles. The molecule has 0 radical (unpaired) electrons. The van der Waals surface area contributed by atoms with Crippen LogP contribution in [0.3, 0.4) is 0 Å². The number of imidazole rings is 1. The average molecular weight is 256 g/mol. The van der Waals surface area contributed by atoms with E-state index in [1.165, 1.54) is 5.56 Å². The number of aromatic nitrogens is 2. The Morgan fingerprint density at radius 3 is 3.05 bits per heavy atom. The second kappa shape index (κ2) is 4.76. The molecule has 0 fully saturated rings. The van der Waals surface area contributed by atoms with E-state index in [0.29, 0.717) is 0 Å². The first kappa shape index (κ1) is 11.8. The van der Waals surface area contributed by atoms with Crippen LogP contribution < -0.4 is 10.6 Å². The summed E-state index contributed by atoms with van der Waals surface area (Å²) in [6.07, 6.45) is 4.16. The normalized spacial score (nSPS) is 18.5. The maximum Gasteiger partial charge on any atom is 0.243 e. The van der Waals surface area contributed by atoms with E-state index in [2.05, 4.69) is 20.6 Å². The topological polar surface area (TPSA) is 69.8 Å². The van der Waals surface area contributed by atoms with Gasteiger partial charge in [0.15, 0.2) is 0 Å². The van der Waals surface area contributed by atoms with Crippen molar-refractivity contribution in [1.29, 1.82) is 0 Å². The van der Waals surface area contributed by atoms with E-state index in [4.69, 9.17) is 0 Å². The smallest absolute Gasteiger partial charge is 0.243 e. The van der Waals surface area contributed by atoms with Crippen LogP contribution in [0, 0.1) is 0 Å². The number of carbonyl (C=O) groups is 1. The van der Waals surface area contributed by atoms with Crippen molar-refractivity contribution >= 4 is 11.6 Å². The summed E-state index contributed by atoms with van der Waals surface area (Å²) in [6, 6.07) is 7.69. The van der Waals surface area contributed by atoms with Crippen LogP contribution in [-0.2, 0) is 11.2 Å². The van der Waals surface area contributed by atoms with Gasteiger partial charge in [-0.25, -0.2) is 4.98 Å². The Bertz CT molecular complexity index is 554. The van der Waals surface area contributed by atoms with Crippen LogP contribution in [0.15, 0.2) is 36.7 Å². The monoisotopic (exact) mass is 256 g/mol. The summed E-state index contributed by atoms with van der Waals surface area (Å²) in [4.78, 5) is 19.4. The molecule has 1 aliphatic heterocycles. The molecule has 2 unspecified atom stereocenters. The van der Waals surface area contributed by atoms with Gasteiger partial charge in [-0.15, -0.1) is 0 Å². The number of hydrogen-bond donors (Lipinski definition) is 3. The maximum absolute atomic E-state index is 12.2. The molecule has 1 aliphatic rings. The second-order valence-corrected chi connectivity index (χ2v) is 4.76. The second-order valence-electron chi connectivity index (χ2n) is 4.76. The summed E-state index contributed by atoms with van der Waals surface area (Å²) >= 11 is 0. The SMILES string of the molecule is CC(NC(=O)C1Cc2ccccc2N1)c1ncc[nH]1. The molecule has 19 heavy (non-hydrogen) atoms. The largest absolute Gasteiger partial charge is 0.373 e. The van der Waals surface area contributed by atoms with Gasteiger partial charge in [0, 0.05) is 24.5 Å². The number of carbonyl (C=O) groups excluding carboxylic acids is 1. The number of anilines is 1. The van der Waals surface area contributed by atoms with Crippen LogP contribution >= 0.6 is 0 Å². The molecule has 0 spiro atoms. The summed E-state index contributed by atoms with van der Waals surface area (Å²) in [7, 11) is 0. The van der Waals surface area contributed by atoms with Crippen molar-refractivity contribution in [2.45, 2.75) is 25.4 Å². The molecule has 0 aliphatic carbocycles. The zero-order valence-electron chi connectivity index (χ0n) is 10.7. The molecule has 0 bridgehead atoms. The van der Waals surface area contributed by atoms with Crippen LogP contribution in [0.1, 0.15) is 24.4 Å². The third-order valence-corrected chi connectivity index (χ3v) is 3.38. The molecule has 0 saturated carbocycles. The van der Waals surface area contributed by atoms with Gasteiger partial charge in [-0.3, -0.25) is 4.79 Å². The average Bonchev–Trinajstić information content (AvgIpc) is 3.07. The number of rotatable bonds is 3. The minimum absolute atomic E-state index is 0.0000926. The van der Waals surface area contributed by atoms with E-state index >= 15 is 0 Å². The van der Waals surface area contributed by atoms with E-state index in [-0.39, 0.29) is 18.0 Å². The van der Waals surface area contributed by atoms with Gasteiger partial charge in [0.05, 0.1) is 6.04 Å². The predicted molar refractivity (Wildman–Crippen MR) is 72.7 cm³/mol. The Morgan fingerprint density at radius 2 is 2.32 bits per heavy atom. The van der Waals surface area contributed by atoms with Gasteiger partial charge in [0.1, 0.15) is 11.9 Å². The number of benzene rings is 1. The van der Waals surface area contributed by atoms with Crippen LogP contribution in [0.5, 0.6) is 0 Å². The fourth-order valence-corrected chi connectivity index (χ4v) is 2.35. The molecule has 5 heteroatoms.